The molecule has 0 saturated heterocycles. The van der Waals surface area contributed by atoms with E-state index in [0.29, 0.717) is 0 Å². The molecule has 2 rings (SSSR count). The fraction of sp³-hybridized carbons (Fsp3) is 0.696. The third-order valence-electron chi connectivity index (χ3n) is 9.70. The molecule has 0 aromatic heterocycles. The van der Waals surface area contributed by atoms with Crippen LogP contribution < -0.4 is 10.6 Å². The first-order chi connectivity index (χ1) is 24.8. The molecule has 3 N–H and O–H groups in total. The van der Waals surface area contributed by atoms with Gasteiger partial charge in [-0.05, 0) is 73.9 Å². The van der Waals surface area contributed by atoms with Crippen molar-refractivity contribution in [3.05, 3.63) is 72.5 Å². The standard InChI is InChI=1S/C43H72N2O.3CH4.FHO/c1-8-11-13-15-17-19-21-23-35(4)33-39-25-29-41(30-26-39)44-37(6)43(46-10-3)38(7)45-42-31-27-40(28-32-42)34-36(5)24-22-20-18-16-14-12-9-2;;;;1-2/h10,25-32,35-38,43-45H,3,8-9,11-24,33-34H2,1-2,4-7H3;3*1H4;2H/i;1D;;;2D. The Morgan fingerprint density at radius 1 is 0.647 bits per heavy atom. The third kappa shape index (κ3) is 25.1. The summed E-state index contributed by atoms with van der Waals surface area (Å²) in [4.78, 5) is 0. The van der Waals surface area contributed by atoms with Crippen molar-refractivity contribution in [3.8, 4) is 0 Å². The third-order valence-corrected chi connectivity index (χ3v) is 9.70. The molecule has 4 atom stereocenters. The van der Waals surface area contributed by atoms with E-state index in [4.69, 9.17) is 7.54 Å². The smallest absolute Gasteiger partial charge is 0.261 e. The van der Waals surface area contributed by atoms with Gasteiger partial charge in [-0.2, -0.15) is 0 Å². The highest BCUT2D eigenvalue weighted by atomic mass is 19.3. The highest BCUT2D eigenvalue weighted by Gasteiger charge is 2.25. The van der Waals surface area contributed by atoms with E-state index >= 15 is 0 Å². The summed E-state index contributed by atoms with van der Waals surface area (Å²) in [5.74, 6) is 1.47. The van der Waals surface area contributed by atoms with E-state index in [1.807, 2.05) is 5.31 Å². The van der Waals surface area contributed by atoms with E-state index in [1.54, 1.807) is 6.26 Å². The summed E-state index contributed by atoms with van der Waals surface area (Å²) in [5, 5.41) is 9.38. The summed E-state index contributed by atoms with van der Waals surface area (Å²) < 4.78 is 26.3. The summed E-state index contributed by atoms with van der Waals surface area (Å²) in [6.45, 7) is 17.6. The number of halogens is 1. The SMILES string of the molecule is C.C.C=COC(C(C)Nc1ccc(CC(C)CCCCCCCCC)cc1)C(C)Nc1ccc(CC(C)CCCCCCCCC)cc1.[2H]C.[2H]OF. The average Bonchev–Trinajstić information content (AvgIpc) is 3.12. The second-order valence-electron chi connectivity index (χ2n) is 14.5. The molecule has 4 nitrogen and oxygen atoms in total. The largest absolute Gasteiger partial charge is 0.494 e. The van der Waals surface area contributed by atoms with Crippen molar-refractivity contribution in [1.82, 2.24) is 0 Å². The zero-order chi connectivity index (χ0) is 38.1. The van der Waals surface area contributed by atoms with Crippen molar-refractivity contribution in [2.75, 3.05) is 10.6 Å². The van der Waals surface area contributed by atoms with Crippen molar-refractivity contribution in [3.63, 3.8) is 0 Å². The van der Waals surface area contributed by atoms with Gasteiger partial charge in [-0.1, -0.05) is 188 Å². The second kappa shape index (κ2) is 34.6. The highest BCUT2D eigenvalue weighted by Crippen LogP contribution is 2.22. The molecule has 0 aliphatic heterocycles. The van der Waals surface area contributed by atoms with Gasteiger partial charge in [-0.25, -0.2) is 5.31 Å². The molecule has 4 unspecified atom stereocenters. The number of unbranched alkanes of at least 4 members (excludes halogenated alkanes) is 12. The zero-order valence-electron chi connectivity index (χ0n) is 34.7. The van der Waals surface area contributed by atoms with Crippen molar-refractivity contribution in [1.29, 1.82) is 1.43 Å². The molecular weight excluding hydrogens is 632 g/mol. The minimum absolute atomic E-state index is 0. The first kappa shape index (κ1) is 48.5. The van der Waals surface area contributed by atoms with Crippen LogP contribution in [0.4, 0.5) is 15.9 Å². The molecule has 0 radical (unpaired) electrons. The number of hydrogen-bond donors (Lipinski definition) is 3. The molecule has 0 saturated carbocycles. The lowest BCUT2D eigenvalue weighted by molar-refractivity contribution is -0.0441. The van der Waals surface area contributed by atoms with Crippen LogP contribution in [0.5, 0.6) is 0 Å². The van der Waals surface area contributed by atoms with E-state index in [-0.39, 0.29) is 33.0 Å². The van der Waals surface area contributed by atoms with E-state index < -0.39 is 0 Å². The van der Waals surface area contributed by atoms with E-state index in [0.717, 1.165) is 36.1 Å². The fourth-order valence-corrected chi connectivity index (χ4v) is 6.85. The predicted molar refractivity (Wildman–Crippen MR) is 229 cm³/mol. The number of rotatable bonds is 28. The molecule has 5 heteroatoms. The van der Waals surface area contributed by atoms with Crippen LogP contribution in [0.15, 0.2) is 61.4 Å². The van der Waals surface area contributed by atoms with E-state index in [9.17, 15) is 4.53 Å². The van der Waals surface area contributed by atoms with Gasteiger partial charge in [0.1, 0.15) is 6.10 Å². The lowest BCUT2D eigenvalue weighted by Crippen LogP contribution is -2.43. The van der Waals surface area contributed by atoms with Gasteiger partial charge >= 0.3 is 0 Å². The summed E-state index contributed by atoms with van der Waals surface area (Å²) in [5.41, 5.74) is 5.13. The number of hydrogen-bond acceptors (Lipinski definition) is 4. The van der Waals surface area contributed by atoms with Gasteiger partial charge in [0.15, 0.2) is 0 Å². The first-order valence-electron chi connectivity index (χ1n) is 20.9. The quantitative estimate of drug-likeness (QED) is 0.0606. The van der Waals surface area contributed by atoms with Crippen LogP contribution in [-0.4, -0.2) is 24.9 Å². The number of nitrogens with one attached hydrogen (secondary N) is 2. The Morgan fingerprint density at radius 3 is 1.27 bits per heavy atom. The lowest BCUT2D eigenvalue weighted by atomic mass is 9.95. The molecule has 0 fully saturated rings. The molecule has 0 aliphatic carbocycles. The van der Waals surface area contributed by atoms with Crippen LogP contribution in [0.3, 0.4) is 0 Å². The Bertz CT molecular complexity index is 963. The van der Waals surface area contributed by atoms with Crippen LogP contribution in [0.2, 0.25) is 0 Å². The monoisotopic (exact) mass is 719 g/mol. The Balaban J connectivity index is -0.00000339. The molecule has 0 bridgehead atoms. The maximum Gasteiger partial charge on any atom is 0.261 e. The van der Waals surface area contributed by atoms with Crippen LogP contribution in [0.25, 0.3) is 0 Å². The van der Waals surface area contributed by atoms with Crippen molar-refractivity contribution < 1.29 is 15.9 Å². The highest BCUT2D eigenvalue weighted by molar-refractivity contribution is 5.47. The summed E-state index contributed by atoms with van der Waals surface area (Å²) >= 11 is 0. The topological polar surface area (TPSA) is 53.5 Å². The normalized spacial score (nSPS) is 13.7. The Morgan fingerprint density at radius 2 is 0.961 bits per heavy atom. The van der Waals surface area contributed by atoms with Crippen molar-refractivity contribution in [2.45, 2.75) is 198 Å². The minimum atomic E-state index is -0.0687. The van der Waals surface area contributed by atoms with Gasteiger partial charge in [0.2, 0.25) is 0 Å². The molecule has 0 spiro atoms. The summed E-state index contributed by atoms with van der Waals surface area (Å²) in [7, 11) is 1.25. The molecule has 0 heterocycles. The Hall–Kier alpha value is -2.53. The van der Waals surface area contributed by atoms with E-state index in [1.165, 1.54) is 121 Å². The van der Waals surface area contributed by atoms with Gasteiger partial charge in [-0.3, -0.25) is 0 Å². The molecule has 0 amide bonds. The van der Waals surface area contributed by atoms with Crippen LogP contribution in [0, 0.1) is 11.8 Å². The van der Waals surface area contributed by atoms with Gasteiger partial charge in [-0.15, -0.1) is 0 Å². The van der Waals surface area contributed by atoms with Crippen molar-refractivity contribution >= 4 is 11.4 Å². The molecule has 51 heavy (non-hydrogen) atoms. The molecule has 2 aromatic rings. The van der Waals surface area contributed by atoms with Crippen LogP contribution in [-0.2, 0) is 17.6 Å². The van der Waals surface area contributed by atoms with Gasteiger partial charge in [0.05, 0.1) is 18.3 Å². The molecule has 298 valence electrons. The zero-order valence-corrected chi connectivity index (χ0v) is 32.7. The van der Waals surface area contributed by atoms with Crippen LogP contribution in [0.1, 0.15) is 179 Å². The predicted octanol–water partition coefficient (Wildman–Crippen LogP) is 14.9. The van der Waals surface area contributed by atoms with Gasteiger partial charge < -0.3 is 15.4 Å². The maximum absolute atomic E-state index is 9.46. The number of benzene rings is 2. The van der Waals surface area contributed by atoms with Gasteiger partial charge in [0.25, 0.3) is 1.43 Å². The summed E-state index contributed by atoms with van der Waals surface area (Å²) in [6, 6.07) is 18.3. The van der Waals surface area contributed by atoms with Gasteiger partial charge in [0, 0.05) is 12.7 Å². The van der Waals surface area contributed by atoms with Crippen molar-refractivity contribution in [2.24, 2.45) is 11.8 Å². The first-order valence-corrected chi connectivity index (χ1v) is 19.5. The average molecular weight is 719 g/mol. The minimum Gasteiger partial charge on any atom is -0.494 e. The number of ether oxygens (including phenoxy) is 1. The Labute approximate surface area is 320 Å². The number of anilines is 2. The van der Waals surface area contributed by atoms with Crippen LogP contribution >= 0.6 is 0 Å². The maximum atomic E-state index is 9.46. The van der Waals surface area contributed by atoms with E-state index in [2.05, 4.69) is 107 Å². The molecular formula is C46H85FN2O2. The lowest BCUT2D eigenvalue weighted by Gasteiger charge is -2.31. The second-order valence-corrected chi connectivity index (χ2v) is 14.5. The fourth-order valence-electron chi connectivity index (χ4n) is 6.85. The Kier molecular flexibility index (Phi) is 32.8. The molecule has 0 aliphatic rings. The molecule has 2 aromatic carbocycles. The summed E-state index contributed by atoms with van der Waals surface area (Å²) in [6.07, 6.45) is 25.9.